The fraction of sp³-hybridized carbons (Fsp3) is 0.588. The lowest BCUT2D eigenvalue weighted by Gasteiger charge is -2.38. The van der Waals surface area contributed by atoms with Crippen LogP contribution in [0.15, 0.2) is 24.3 Å². The lowest BCUT2D eigenvalue weighted by molar-refractivity contribution is -0.137. The molecule has 114 valence electrons. The lowest BCUT2D eigenvalue weighted by Crippen LogP contribution is -2.48. The summed E-state index contributed by atoms with van der Waals surface area (Å²) in [6, 6.07) is 7.73. The van der Waals surface area contributed by atoms with Crippen LogP contribution in [0.3, 0.4) is 0 Å². The van der Waals surface area contributed by atoms with E-state index >= 15 is 0 Å². The Bertz CT molecular complexity index is 517. The number of hydrogen-bond acceptors (Lipinski definition) is 3. The monoisotopic (exact) mass is 289 g/mol. The summed E-state index contributed by atoms with van der Waals surface area (Å²) in [5.41, 5.74) is 0.978. The third-order valence-corrected chi connectivity index (χ3v) is 4.80. The quantitative estimate of drug-likeness (QED) is 0.909. The predicted octanol–water partition coefficient (Wildman–Crippen LogP) is 2.31. The van der Waals surface area contributed by atoms with Gasteiger partial charge in [-0.05, 0) is 25.3 Å². The highest BCUT2D eigenvalue weighted by Gasteiger charge is 2.35. The number of carbonyl (C=O) groups is 1. The van der Waals surface area contributed by atoms with Crippen molar-refractivity contribution in [2.75, 3.05) is 13.7 Å². The van der Waals surface area contributed by atoms with Crippen LogP contribution in [0.1, 0.15) is 43.6 Å². The summed E-state index contributed by atoms with van der Waals surface area (Å²) in [6.07, 6.45) is 4.16. The first kappa shape index (κ1) is 14.4. The minimum absolute atomic E-state index is 0.0405. The molecule has 1 aromatic rings. The highest BCUT2D eigenvalue weighted by Crippen LogP contribution is 2.35. The van der Waals surface area contributed by atoms with Crippen LogP contribution in [-0.2, 0) is 4.79 Å². The zero-order valence-electron chi connectivity index (χ0n) is 12.5. The number of aliphatic hydroxyl groups excluding tert-OH is 1. The molecule has 2 aliphatic rings. The van der Waals surface area contributed by atoms with Crippen LogP contribution in [0, 0.1) is 0 Å². The van der Waals surface area contributed by atoms with Crippen molar-refractivity contribution >= 4 is 5.91 Å². The number of benzene rings is 1. The van der Waals surface area contributed by atoms with Crippen LogP contribution in [-0.4, -0.2) is 41.7 Å². The smallest absolute Gasteiger partial charge is 0.230 e. The molecule has 0 aromatic heterocycles. The Kier molecular flexibility index (Phi) is 4.15. The van der Waals surface area contributed by atoms with Crippen LogP contribution in [0.2, 0.25) is 0 Å². The van der Waals surface area contributed by atoms with Crippen molar-refractivity contribution in [3.63, 3.8) is 0 Å². The number of carbonyl (C=O) groups excluding carboxylic acids is 1. The molecular formula is C17H23NO3. The van der Waals surface area contributed by atoms with Crippen molar-refractivity contribution in [1.29, 1.82) is 0 Å². The average molecular weight is 289 g/mol. The Morgan fingerprint density at radius 3 is 2.81 bits per heavy atom. The van der Waals surface area contributed by atoms with Gasteiger partial charge in [-0.15, -0.1) is 0 Å². The lowest BCUT2D eigenvalue weighted by atomic mass is 9.88. The SMILES string of the molecule is CN(C(=O)C1CCOc2ccccc21)C1CCCCC1O. The van der Waals surface area contributed by atoms with Crippen LogP contribution < -0.4 is 4.74 Å². The molecule has 4 nitrogen and oxygen atoms in total. The third kappa shape index (κ3) is 2.77. The fourth-order valence-electron chi connectivity index (χ4n) is 3.55. The van der Waals surface area contributed by atoms with Gasteiger partial charge in [-0.2, -0.15) is 0 Å². The first-order valence-electron chi connectivity index (χ1n) is 7.85. The second-order valence-electron chi connectivity index (χ2n) is 6.10. The van der Waals surface area contributed by atoms with Gasteiger partial charge in [-0.3, -0.25) is 4.79 Å². The third-order valence-electron chi connectivity index (χ3n) is 4.80. The summed E-state index contributed by atoms with van der Waals surface area (Å²) >= 11 is 0. The highest BCUT2D eigenvalue weighted by atomic mass is 16.5. The zero-order chi connectivity index (χ0) is 14.8. The maximum absolute atomic E-state index is 12.9. The van der Waals surface area contributed by atoms with Crippen LogP contribution >= 0.6 is 0 Å². The number of ether oxygens (including phenoxy) is 1. The van der Waals surface area contributed by atoms with Gasteiger partial charge in [0.2, 0.25) is 5.91 Å². The van der Waals surface area contributed by atoms with Gasteiger partial charge < -0.3 is 14.7 Å². The summed E-state index contributed by atoms with van der Waals surface area (Å²) < 4.78 is 5.63. The Balaban J connectivity index is 1.79. The van der Waals surface area contributed by atoms with Gasteiger partial charge in [0, 0.05) is 12.6 Å². The number of para-hydroxylation sites is 1. The van der Waals surface area contributed by atoms with Gasteiger partial charge in [0.05, 0.1) is 24.7 Å². The summed E-state index contributed by atoms with van der Waals surface area (Å²) in [6.45, 7) is 0.578. The van der Waals surface area contributed by atoms with E-state index in [2.05, 4.69) is 0 Å². The summed E-state index contributed by atoms with van der Waals surface area (Å²) in [4.78, 5) is 14.6. The van der Waals surface area contributed by atoms with Crippen molar-refractivity contribution in [1.82, 2.24) is 4.90 Å². The van der Waals surface area contributed by atoms with Crippen molar-refractivity contribution < 1.29 is 14.6 Å². The van der Waals surface area contributed by atoms with E-state index in [0.717, 1.165) is 37.0 Å². The molecular weight excluding hydrogens is 266 g/mol. The van der Waals surface area contributed by atoms with Crippen molar-refractivity contribution in [3.8, 4) is 5.75 Å². The molecule has 1 aliphatic heterocycles. The Labute approximate surface area is 125 Å². The van der Waals surface area contributed by atoms with Crippen molar-refractivity contribution in [3.05, 3.63) is 29.8 Å². The van der Waals surface area contributed by atoms with E-state index in [0.29, 0.717) is 13.0 Å². The minimum atomic E-state index is -0.386. The Morgan fingerprint density at radius 2 is 2.00 bits per heavy atom. The molecule has 21 heavy (non-hydrogen) atoms. The van der Waals surface area contributed by atoms with Crippen molar-refractivity contribution in [2.45, 2.75) is 50.2 Å². The van der Waals surface area contributed by atoms with Gasteiger partial charge >= 0.3 is 0 Å². The molecule has 1 aromatic carbocycles. The van der Waals surface area contributed by atoms with Gasteiger partial charge in [0.15, 0.2) is 0 Å². The molecule has 0 spiro atoms. The summed E-state index contributed by atoms with van der Waals surface area (Å²) in [5.74, 6) is 0.783. The highest BCUT2D eigenvalue weighted by molar-refractivity contribution is 5.85. The number of aliphatic hydroxyl groups is 1. The van der Waals surface area contributed by atoms with Crippen LogP contribution in [0.5, 0.6) is 5.75 Å². The predicted molar refractivity (Wildman–Crippen MR) is 80.3 cm³/mol. The molecule has 1 N–H and O–H groups in total. The molecule has 1 fully saturated rings. The number of rotatable bonds is 2. The molecule has 3 unspecified atom stereocenters. The first-order valence-corrected chi connectivity index (χ1v) is 7.85. The standard InChI is InChI=1S/C17H23NO3/c1-18(14-7-3-4-8-15(14)19)17(20)13-10-11-21-16-9-5-2-6-12(13)16/h2,5-6,9,13-15,19H,3-4,7-8,10-11H2,1H3. The van der Waals surface area contributed by atoms with Gasteiger partial charge in [0.1, 0.15) is 5.75 Å². The largest absolute Gasteiger partial charge is 0.493 e. The van der Waals surface area contributed by atoms with Crippen LogP contribution in [0.4, 0.5) is 0 Å². The Morgan fingerprint density at radius 1 is 1.24 bits per heavy atom. The molecule has 1 aliphatic carbocycles. The molecule has 3 atom stereocenters. The van der Waals surface area contributed by atoms with Gasteiger partial charge in [-0.1, -0.05) is 31.0 Å². The number of amides is 1. The summed E-state index contributed by atoms with van der Waals surface area (Å²) in [7, 11) is 1.83. The average Bonchev–Trinajstić information content (AvgIpc) is 2.53. The number of nitrogens with zero attached hydrogens (tertiary/aromatic N) is 1. The molecule has 0 radical (unpaired) electrons. The van der Waals surface area contributed by atoms with E-state index in [4.69, 9.17) is 4.74 Å². The minimum Gasteiger partial charge on any atom is -0.493 e. The molecule has 1 amide bonds. The second-order valence-corrected chi connectivity index (χ2v) is 6.10. The normalized spacial score (nSPS) is 28.4. The zero-order valence-corrected chi connectivity index (χ0v) is 12.5. The van der Waals surface area contributed by atoms with E-state index in [-0.39, 0.29) is 24.0 Å². The number of hydrogen-bond donors (Lipinski definition) is 1. The molecule has 4 heteroatoms. The van der Waals surface area contributed by atoms with E-state index < -0.39 is 0 Å². The maximum Gasteiger partial charge on any atom is 0.230 e. The van der Waals surface area contributed by atoms with Gasteiger partial charge in [0.25, 0.3) is 0 Å². The topological polar surface area (TPSA) is 49.8 Å². The number of fused-ring (bicyclic) bond motifs is 1. The Hall–Kier alpha value is -1.55. The number of likely N-dealkylation sites (N-methyl/N-ethyl adjacent to an activating group) is 1. The summed E-state index contributed by atoms with van der Waals surface area (Å²) in [5, 5.41) is 10.2. The molecule has 1 heterocycles. The van der Waals surface area contributed by atoms with Crippen LogP contribution in [0.25, 0.3) is 0 Å². The molecule has 3 rings (SSSR count). The molecule has 0 bridgehead atoms. The van der Waals surface area contributed by atoms with E-state index in [1.54, 1.807) is 4.90 Å². The maximum atomic E-state index is 12.9. The van der Waals surface area contributed by atoms with Gasteiger partial charge in [-0.25, -0.2) is 0 Å². The second kappa shape index (κ2) is 6.06. The van der Waals surface area contributed by atoms with E-state index in [1.807, 2.05) is 31.3 Å². The van der Waals surface area contributed by atoms with E-state index in [1.165, 1.54) is 0 Å². The molecule has 1 saturated carbocycles. The fourth-order valence-corrected chi connectivity index (χ4v) is 3.55. The van der Waals surface area contributed by atoms with E-state index in [9.17, 15) is 9.90 Å². The molecule has 0 saturated heterocycles. The van der Waals surface area contributed by atoms with Crippen molar-refractivity contribution in [2.24, 2.45) is 0 Å². The first-order chi connectivity index (χ1) is 10.2.